The SMILES string of the molecule is COc1ccc(C(=O)O)cc1CC1CCN(C(=O)c2cn3c(n2)CCNCC3)C1. The van der Waals surface area contributed by atoms with Crippen molar-refractivity contribution in [1.82, 2.24) is 19.8 Å². The van der Waals surface area contributed by atoms with Crippen molar-refractivity contribution >= 4 is 11.9 Å². The van der Waals surface area contributed by atoms with Gasteiger partial charge in [-0.3, -0.25) is 4.79 Å². The minimum absolute atomic E-state index is 0.0210. The van der Waals surface area contributed by atoms with Gasteiger partial charge in [0.15, 0.2) is 0 Å². The lowest BCUT2D eigenvalue weighted by Gasteiger charge is -2.16. The molecule has 2 aliphatic rings. The highest BCUT2D eigenvalue weighted by Crippen LogP contribution is 2.28. The van der Waals surface area contributed by atoms with E-state index in [-0.39, 0.29) is 17.4 Å². The zero-order valence-electron chi connectivity index (χ0n) is 16.6. The monoisotopic (exact) mass is 398 g/mol. The molecule has 29 heavy (non-hydrogen) atoms. The molecule has 0 saturated carbocycles. The number of nitrogens with zero attached hydrogens (tertiary/aromatic N) is 3. The molecule has 0 radical (unpaired) electrons. The van der Waals surface area contributed by atoms with Crippen LogP contribution in [0.4, 0.5) is 0 Å². The number of benzene rings is 1. The zero-order valence-corrected chi connectivity index (χ0v) is 16.6. The summed E-state index contributed by atoms with van der Waals surface area (Å²) < 4.78 is 7.47. The first-order valence-corrected chi connectivity index (χ1v) is 10.0. The maximum Gasteiger partial charge on any atom is 0.335 e. The molecule has 1 unspecified atom stereocenters. The van der Waals surface area contributed by atoms with Crippen molar-refractivity contribution in [3.63, 3.8) is 0 Å². The van der Waals surface area contributed by atoms with Gasteiger partial charge in [0.2, 0.25) is 0 Å². The Morgan fingerprint density at radius 3 is 2.97 bits per heavy atom. The van der Waals surface area contributed by atoms with E-state index in [0.29, 0.717) is 31.0 Å². The third-order valence-electron chi connectivity index (χ3n) is 5.74. The minimum Gasteiger partial charge on any atom is -0.496 e. The van der Waals surface area contributed by atoms with Gasteiger partial charge in [0, 0.05) is 45.3 Å². The van der Waals surface area contributed by atoms with E-state index in [1.165, 1.54) is 0 Å². The van der Waals surface area contributed by atoms with E-state index < -0.39 is 5.97 Å². The van der Waals surface area contributed by atoms with E-state index >= 15 is 0 Å². The van der Waals surface area contributed by atoms with E-state index in [2.05, 4.69) is 14.9 Å². The Morgan fingerprint density at radius 1 is 1.31 bits per heavy atom. The number of carbonyl (C=O) groups is 2. The van der Waals surface area contributed by atoms with Gasteiger partial charge in [-0.15, -0.1) is 0 Å². The van der Waals surface area contributed by atoms with E-state index in [1.54, 1.807) is 25.3 Å². The molecule has 0 spiro atoms. The van der Waals surface area contributed by atoms with Gasteiger partial charge in [-0.1, -0.05) is 0 Å². The van der Waals surface area contributed by atoms with Crippen molar-refractivity contribution in [1.29, 1.82) is 0 Å². The average Bonchev–Trinajstić information content (AvgIpc) is 3.29. The molecule has 1 amide bonds. The van der Waals surface area contributed by atoms with Gasteiger partial charge < -0.3 is 24.6 Å². The highest BCUT2D eigenvalue weighted by Gasteiger charge is 2.29. The predicted octanol–water partition coefficient (Wildman–Crippen LogP) is 1.44. The molecule has 8 heteroatoms. The number of amides is 1. The van der Waals surface area contributed by atoms with Gasteiger partial charge in [-0.25, -0.2) is 9.78 Å². The lowest BCUT2D eigenvalue weighted by atomic mass is 9.96. The predicted molar refractivity (Wildman–Crippen MR) is 106 cm³/mol. The molecular formula is C21H26N4O4. The van der Waals surface area contributed by atoms with E-state index in [0.717, 1.165) is 43.9 Å². The molecule has 8 nitrogen and oxygen atoms in total. The molecule has 2 aromatic rings. The second-order valence-corrected chi connectivity index (χ2v) is 7.68. The molecule has 2 N–H and O–H groups in total. The lowest BCUT2D eigenvalue weighted by molar-refractivity contribution is 0.0696. The molecule has 3 heterocycles. The summed E-state index contributed by atoms with van der Waals surface area (Å²) >= 11 is 0. The van der Waals surface area contributed by atoms with E-state index in [1.807, 2.05) is 11.1 Å². The quantitative estimate of drug-likeness (QED) is 0.791. The Kier molecular flexibility index (Phi) is 5.53. The molecule has 1 fully saturated rings. The number of carboxylic acids is 1. The molecular weight excluding hydrogens is 372 g/mol. The number of imidazole rings is 1. The standard InChI is InChI=1S/C21H26N4O4/c1-29-18-3-2-15(21(27)28)11-16(18)10-14-5-8-25(12-14)20(26)17-13-24-9-7-22-6-4-19(24)23-17/h2-3,11,13-14,22H,4-10,12H2,1H3,(H,27,28). The number of hydrogen-bond donors (Lipinski definition) is 2. The second kappa shape index (κ2) is 8.24. The van der Waals surface area contributed by atoms with Crippen molar-refractivity contribution in [2.45, 2.75) is 25.8 Å². The maximum absolute atomic E-state index is 12.9. The van der Waals surface area contributed by atoms with E-state index in [4.69, 9.17) is 4.74 Å². The summed E-state index contributed by atoms with van der Waals surface area (Å²) in [6, 6.07) is 4.92. The fourth-order valence-electron chi connectivity index (χ4n) is 4.20. The van der Waals surface area contributed by atoms with Crippen LogP contribution in [0.15, 0.2) is 24.4 Å². The van der Waals surface area contributed by atoms with Gasteiger partial charge in [0.05, 0.1) is 12.7 Å². The number of ether oxygens (including phenoxy) is 1. The van der Waals surface area contributed by atoms with Gasteiger partial charge >= 0.3 is 5.97 Å². The number of rotatable bonds is 5. The van der Waals surface area contributed by atoms with Crippen LogP contribution < -0.4 is 10.1 Å². The van der Waals surface area contributed by atoms with Crippen LogP contribution >= 0.6 is 0 Å². The van der Waals surface area contributed by atoms with Crippen molar-refractivity contribution in [3.05, 3.63) is 47.0 Å². The molecule has 1 aromatic heterocycles. The van der Waals surface area contributed by atoms with Crippen LogP contribution in [0.5, 0.6) is 5.75 Å². The summed E-state index contributed by atoms with van der Waals surface area (Å²) in [5.74, 6) is 0.941. The number of likely N-dealkylation sites (tertiary alicyclic amines) is 1. The highest BCUT2D eigenvalue weighted by molar-refractivity contribution is 5.92. The van der Waals surface area contributed by atoms with Crippen LogP contribution in [0.25, 0.3) is 0 Å². The number of aromatic carboxylic acids is 1. The van der Waals surface area contributed by atoms with Crippen LogP contribution in [-0.4, -0.2) is 64.7 Å². The van der Waals surface area contributed by atoms with Crippen LogP contribution in [0, 0.1) is 5.92 Å². The fourth-order valence-corrected chi connectivity index (χ4v) is 4.20. The van der Waals surface area contributed by atoms with Crippen molar-refractivity contribution in [2.75, 3.05) is 33.3 Å². The van der Waals surface area contributed by atoms with Crippen molar-refractivity contribution < 1.29 is 19.4 Å². The molecule has 4 rings (SSSR count). The number of carbonyl (C=O) groups excluding carboxylic acids is 1. The number of fused-ring (bicyclic) bond motifs is 1. The maximum atomic E-state index is 12.9. The van der Waals surface area contributed by atoms with Gasteiger partial charge in [-0.2, -0.15) is 0 Å². The largest absolute Gasteiger partial charge is 0.496 e. The summed E-state index contributed by atoms with van der Waals surface area (Å²) in [5, 5.41) is 12.6. The van der Waals surface area contributed by atoms with Gasteiger partial charge in [0.1, 0.15) is 17.3 Å². The van der Waals surface area contributed by atoms with Crippen LogP contribution in [0.2, 0.25) is 0 Å². The molecule has 1 atom stereocenters. The third kappa shape index (κ3) is 4.12. The van der Waals surface area contributed by atoms with E-state index in [9.17, 15) is 14.7 Å². The Morgan fingerprint density at radius 2 is 2.17 bits per heavy atom. The fraction of sp³-hybridized carbons (Fsp3) is 0.476. The number of nitrogens with one attached hydrogen (secondary N) is 1. The first kappa shape index (κ1) is 19.4. The Bertz CT molecular complexity index is 900. The number of methoxy groups -OCH3 is 1. The van der Waals surface area contributed by atoms with Crippen molar-refractivity contribution in [3.8, 4) is 5.75 Å². The van der Waals surface area contributed by atoms with Gasteiger partial charge in [0.25, 0.3) is 5.91 Å². The lowest BCUT2D eigenvalue weighted by Crippen LogP contribution is -2.29. The third-order valence-corrected chi connectivity index (χ3v) is 5.74. The first-order valence-electron chi connectivity index (χ1n) is 10.0. The smallest absolute Gasteiger partial charge is 0.335 e. The highest BCUT2D eigenvalue weighted by atomic mass is 16.5. The van der Waals surface area contributed by atoms with Crippen LogP contribution in [0.3, 0.4) is 0 Å². The number of hydrogen-bond acceptors (Lipinski definition) is 5. The average molecular weight is 398 g/mol. The zero-order chi connectivity index (χ0) is 20.4. The summed E-state index contributed by atoms with van der Waals surface area (Å²) in [5.41, 5.74) is 1.64. The number of carboxylic acid groups (broad SMARTS) is 1. The summed E-state index contributed by atoms with van der Waals surface area (Å²) in [4.78, 5) is 30.7. The molecule has 0 aliphatic carbocycles. The molecule has 154 valence electrons. The van der Waals surface area contributed by atoms with Crippen LogP contribution in [-0.2, 0) is 19.4 Å². The summed E-state index contributed by atoms with van der Waals surface area (Å²) in [7, 11) is 1.59. The minimum atomic E-state index is -0.952. The summed E-state index contributed by atoms with van der Waals surface area (Å²) in [6.45, 7) is 3.93. The molecule has 1 saturated heterocycles. The number of aromatic nitrogens is 2. The van der Waals surface area contributed by atoms with Crippen molar-refractivity contribution in [2.24, 2.45) is 5.92 Å². The van der Waals surface area contributed by atoms with Gasteiger partial charge in [-0.05, 0) is 42.5 Å². The first-order chi connectivity index (χ1) is 14.0. The summed E-state index contributed by atoms with van der Waals surface area (Å²) in [6.07, 6.45) is 4.26. The second-order valence-electron chi connectivity index (χ2n) is 7.68. The normalized spacial score (nSPS) is 18.9. The molecule has 1 aromatic carbocycles. The molecule has 0 bridgehead atoms. The molecule has 2 aliphatic heterocycles. The Labute approximate surface area is 169 Å². The Hall–Kier alpha value is -2.87. The topological polar surface area (TPSA) is 96.7 Å². The van der Waals surface area contributed by atoms with Crippen LogP contribution in [0.1, 0.15) is 38.7 Å². The Balaban J connectivity index is 1.44.